The second-order valence-corrected chi connectivity index (χ2v) is 3.52. The average molecular weight is 177 g/mol. The molecule has 0 radical (unpaired) electrons. The molecule has 68 valence electrons. The first-order valence-corrected chi connectivity index (χ1v) is 4.32. The van der Waals surface area contributed by atoms with E-state index in [1.165, 1.54) is 6.07 Å². The summed E-state index contributed by atoms with van der Waals surface area (Å²) in [6, 6.07) is 6.54. The van der Waals surface area contributed by atoms with Gasteiger partial charge >= 0.3 is 0 Å². The van der Waals surface area contributed by atoms with E-state index in [2.05, 4.69) is 13.8 Å². The van der Waals surface area contributed by atoms with Gasteiger partial charge in [0.15, 0.2) is 0 Å². The number of benzene rings is 1. The Balaban J connectivity index is 2.95. The minimum atomic E-state index is -0.435. The molecule has 0 spiro atoms. The van der Waals surface area contributed by atoms with E-state index in [-0.39, 0.29) is 5.56 Å². The molecule has 0 amide bonds. The maximum absolute atomic E-state index is 12.9. The lowest BCUT2D eigenvalue weighted by atomic mass is 10.0. The van der Waals surface area contributed by atoms with Gasteiger partial charge in [-0.1, -0.05) is 19.9 Å². The van der Waals surface area contributed by atoms with Crippen molar-refractivity contribution in [1.82, 2.24) is 0 Å². The first-order valence-electron chi connectivity index (χ1n) is 4.32. The van der Waals surface area contributed by atoms with E-state index >= 15 is 0 Å². The molecule has 0 saturated heterocycles. The van der Waals surface area contributed by atoms with Crippen LogP contribution in [0.3, 0.4) is 0 Å². The Kier molecular flexibility index (Phi) is 3.02. The van der Waals surface area contributed by atoms with E-state index in [1.54, 1.807) is 12.1 Å². The molecule has 13 heavy (non-hydrogen) atoms. The van der Waals surface area contributed by atoms with E-state index in [1.807, 2.05) is 6.07 Å². The Morgan fingerprint density at radius 2 is 2.15 bits per heavy atom. The molecule has 0 saturated carbocycles. The molecule has 0 aromatic heterocycles. The molecular weight excluding hydrogens is 165 g/mol. The summed E-state index contributed by atoms with van der Waals surface area (Å²) in [7, 11) is 0. The van der Waals surface area contributed by atoms with Crippen LogP contribution in [0.2, 0.25) is 0 Å². The molecule has 0 aliphatic carbocycles. The highest BCUT2D eigenvalue weighted by atomic mass is 19.1. The molecule has 1 nitrogen and oxygen atoms in total. The molecule has 1 rings (SSSR count). The lowest BCUT2D eigenvalue weighted by Crippen LogP contribution is -1.95. The van der Waals surface area contributed by atoms with Crippen molar-refractivity contribution in [3.05, 3.63) is 35.1 Å². The molecule has 0 heterocycles. The summed E-state index contributed by atoms with van der Waals surface area (Å²) in [5.41, 5.74) is 1.16. The molecule has 0 aliphatic rings. The second kappa shape index (κ2) is 4.04. The van der Waals surface area contributed by atoms with Crippen LogP contribution in [0.1, 0.15) is 25.0 Å². The Morgan fingerprint density at radius 1 is 1.46 bits per heavy atom. The highest BCUT2D eigenvalue weighted by Crippen LogP contribution is 2.12. The third-order valence-corrected chi connectivity index (χ3v) is 1.80. The van der Waals surface area contributed by atoms with Crippen molar-refractivity contribution in [2.24, 2.45) is 5.92 Å². The largest absolute Gasteiger partial charge is 0.206 e. The second-order valence-electron chi connectivity index (χ2n) is 3.52. The zero-order valence-electron chi connectivity index (χ0n) is 7.84. The van der Waals surface area contributed by atoms with Gasteiger partial charge in [-0.15, -0.1) is 0 Å². The van der Waals surface area contributed by atoms with Crippen LogP contribution in [-0.2, 0) is 6.42 Å². The monoisotopic (exact) mass is 177 g/mol. The molecule has 2 heteroatoms. The van der Waals surface area contributed by atoms with Crippen LogP contribution in [0.4, 0.5) is 4.39 Å². The fourth-order valence-electron chi connectivity index (χ4n) is 1.26. The van der Waals surface area contributed by atoms with Gasteiger partial charge in [-0.05, 0) is 30.0 Å². The fourth-order valence-corrected chi connectivity index (χ4v) is 1.26. The van der Waals surface area contributed by atoms with Gasteiger partial charge in [-0.2, -0.15) is 5.26 Å². The summed E-state index contributed by atoms with van der Waals surface area (Å²) in [6.45, 7) is 4.19. The molecule has 0 unspecified atom stereocenters. The van der Waals surface area contributed by atoms with E-state index in [4.69, 9.17) is 5.26 Å². The maximum Gasteiger partial charge on any atom is 0.140 e. The highest BCUT2D eigenvalue weighted by Gasteiger charge is 2.03. The van der Waals surface area contributed by atoms with Gasteiger partial charge in [0.1, 0.15) is 11.9 Å². The Bertz CT molecular complexity index is 336. The smallest absolute Gasteiger partial charge is 0.140 e. The van der Waals surface area contributed by atoms with Crippen LogP contribution >= 0.6 is 0 Å². The van der Waals surface area contributed by atoms with Crippen LogP contribution in [0.25, 0.3) is 0 Å². The number of rotatable bonds is 2. The Labute approximate surface area is 77.8 Å². The summed E-state index contributed by atoms with van der Waals surface area (Å²) in [6.07, 6.45) is 0.884. The van der Waals surface area contributed by atoms with Crippen molar-refractivity contribution in [2.75, 3.05) is 0 Å². The molecule has 1 aromatic rings. The van der Waals surface area contributed by atoms with Crippen molar-refractivity contribution in [3.8, 4) is 6.07 Å². The van der Waals surface area contributed by atoms with Gasteiger partial charge in [-0.3, -0.25) is 0 Å². The van der Waals surface area contributed by atoms with Crippen molar-refractivity contribution in [2.45, 2.75) is 20.3 Å². The predicted molar refractivity (Wildman–Crippen MR) is 49.7 cm³/mol. The third kappa shape index (κ3) is 2.55. The van der Waals surface area contributed by atoms with Gasteiger partial charge in [0, 0.05) is 0 Å². The summed E-state index contributed by atoms with van der Waals surface area (Å²) < 4.78 is 12.9. The van der Waals surface area contributed by atoms with Gasteiger partial charge in [-0.25, -0.2) is 4.39 Å². The Morgan fingerprint density at radius 3 is 2.69 bits per heavy atom. The van der Waals surface area contributed by atoms with Gasteiger partial charge in [0.25, 0.3) is 0 Å². The van der Waals surface area contributed by atoms with Crippen molar-refractivity contribution < 1.29 is 4.39 Å². The van der Waals surface area contributed by atoms with Gasteiger partial charge in [0.05, 0.1) is 5.56 Å². The van der Waals surface area contributed by atoms with Crippen molar-refractivity contribution in [1.29, 1.82) is 5.26 Å². The third-order valence-electron chi connectivity index (χ3n) is 1.80. The first kappa shape index (κ1) is 9.73. The summed E-state index contributed by atoms with van der Waals surface area (Å²) in [5.74, 6) is 0.0898. The minimum Gasteiger partial charge on any atom is -0.206 e. The van der Waals surface area contributed by atoms with Gasteiger partial charge < -0.3 is 0 Å². The Hall–Kier alpha value is -1.36. The lowest BCUT2D eigenvalue weighted by Gasteiger charge is -2.04. The fraction of sp³-hybridized carbons (Fsp3) is 0.364. The number of hydrogen-bond donors (Lipinski definition) is 0. The van der Waals surface area contributed by atoms with E-state index in [9.17, 15) is 4.39 Å². The lowest BCUT2D eigenvalue weighted by molar-refractivity contribution is 0.617. The van der Waals surface area contributed by atoms with Crippen molar-refractivity contribution >= 4 is 0 Å². The molecule has 1 aromatic carbocycles. The van der Waals surface area contributed by atoms with Crippen LogP contribution in [-0.4, -0.2) is 0 Å². The topological polar surface area (TPSA) is 23.8 Å². The van der Waals surface area contributed by atoms with Crippen LogP contribution < -0.4 is 0 Å². The molecule has 0 bridgehead atoms. The normalized spacial score (nSPS) is 10.1. The maximum atomic E-state index is 12.9. The predicted octanol–water partition coefficient (Wildman–Crippen LogP) is 2.90. The molecule has 0 atom stereocenters. The van der Waals surface area contributed by atoms with E-state index in [0.29, 0.717) is 5.92 Å². The highest BCUT2D eigenvalue weighted by molar-refractivity contribution is 5.34. The van der Waals surface area contributed by atoms with Crippen LogP contribution in [0.15, 0.2) is 18.2 Å². The SMILES string of the molecule is CC(C)Cc1ccc(F)c(C#N)c1. The van der Waals surface area contributed by atoms with Crippen LogP contribution in [0, 0.1) is 23.1 Å². The quantitative estimate of drug-likeness (QED) is 0.681. The molecule has 0 aliphatic heterocycles. The molecule has 0 N–H and O–H groups in total. The van der Waals surface area contributed by atoms with Crippen LogP contribution in [0.5, 0.6) is 0 Å². The summed E-state index contributed by atoms with van der Waals surface area (Å²) >= 11 is 0. The average Bonchev–Trinajstić information content (AvgIpc) is 2.07. The minimum absolute atomic E-state index is 0.137. The number of nitrogens with zero attached hydrogens (tertiary/aromatic N) is 1. The standard InChI is InChI=1S/C11H12FN/c1-8(2)5-9-3-4-11(12)10(6-9)7-13/h3-4,6,8H,5H2,1-2H3. The number of halogens is 1. The number of nitriles is 1. The summed E-state index contributed by atoms with van der Waals surface area (Å²) in [4.78, 5) is 0. The van der Waals surface area contributed by atoms with Crippen molar-refractivity contribution in [3.63, 3.8) is 0 Å². The first-order chi connectivity index (χ1) is 6.13. The van der Waals surface area contributed by atoms with E-state index in [0.717, 1.165) is 12.0 Å². The summed E-state index contributed by atoms with van der Waals surface area (Å²) in [5, 5.41) is 8.59. The van der Waals surface area contributed by atoms with E-state index < -0.39 is 5.82 Å². The zero-order chi connectivity index (χ0) is 9.84. The number of hydrogen-bond acceptors (Lipinski definition) is 1. The zero-order valence-corrected chi connectivity index (χ0v) is 7.84. The molecule has 0 fully saturated rings. The molecular formula is C11H12FN. The van der Waals surface area contributed by atoms with Gasteiger partial charge in [0.2, 0.25) is 0 Å².